The van der Waals surface area contributed by atoms with Gasteiger partial charge in [0.25, 0.3) is 5.91 Å². The number of hydroxylamine groups is 1. The van der Waals surface area contributed by atoms with Crippen LogP contribution >= 0.6 is 27.5 Å². The van der Waals surface area contributed by atoms with E-state index < -0.39 is 18.1 Å². The van der Waals surface area contributed by atoms with Crippen LogP contribution in [0.1, 0.15) is 11.6 Å². The number of benzene rings is 3. The van der Waals surface area contributed by atoms with Gasteiger partial charge in [-0.2, -0.15) is 0 Å². The second-order valence-corrected chi connectivity index (χ2v) is 8.55. The van der Waals surface area contributed by atoms with E-state index in [0.717, 1.165) is 15.7 Å². The van der Waals surface area contributed by atoms with Gasteiger partial charge in [-0.3, -0.25) is 14.4 Å². The summed E-state index contributed by atoms with van der Waals surface area (Å²) in [6.45, 7) is 0. The van der Waals surface area contributed by atoms with Gasteiger partial charge in [-0.15, -0.1) is 0 Å². The highest BCUT2D eigenvalue weighted by atomic mass is 79.9. The molecule has 2 fully saturated rings. The van der Waals surface area contributed by atoms with E-state index in [1.807, 2.05) is 42.5 Å². The first-order chi connectivity index (χ1) is 14.5. The Balaban J connectivity index is 1.58. The molecule has 5 rings (SSSR count). The maximum Gasteiger partial charge on any atom is 0.266 e. The van der Waals surface area contributed by atoms with Crippen LogP contribution in [0, 0.1) is 5.92 Å². The van der Waals surface area contributed by atoms with Gasteiger partial charge in [0.1, 0.15) is 5.92 Å². The second-order valence-electron chi connectivity index (χ2n) is 7.20. The molecule has 0 N–H and O–H groups in total. The van der Waals surface area contributed by atoms with Gasteiger partial charge < -0.3 is 0 Å². The Morgan fingerprint density at radius 3 is 2.13 bits per heavy atom. The summed E-state index contributed by atoms with van der Waals surface area (Å²) in [4.78, 5) is 34.0. The molecule has 5 nitrogen and oxygen atoms in total. The molecule has 0 bridgehead atoms. The third-order valence-corrected chi connectivity index (χ3v) is 6.20. The van der Waals surface area contributed by atoms with Crippen molar-refractivity contribution in [3.63, 3.8) is 0 Å². The molecule has 0 aliphatic carbocycles. The minimum atomic E-state index is -0.887. The Kier molecular flexibility index (Phi) is 4.85. The van der Waals surface area contributed by atoms with Crippen LogP contribution in [0.15, 0.2) is 83.3 Å². The highest BCUT2D eigenvalue weighted by molar-refractivity contribution is 9.10. The van der Waals surface area contributed by atoms with E-state index in [4.69, 9.17) is 16.4 Å². The van der Waals surface area contributed by atoms with Gasteiger partial charge in [-0.1, -0.05) is 57.9 Å². The van der Waals surface area contributed by atoms with Crippen molar-refractivity contribution in [1.82, 2.24) is 0 Å². The molecule has 0 aromatic heterocycles. The lowest BCUT2D eigenvalue weighted by Gasteiger charge is -2.28. The Labute approximate surface area is 186 Å². The minimum absolute atomic E-state index is 0.272. The van der Waals surface area contributed by atoms with Crippen molar-refractivity contribution < 1.29 is 14.4 Å². The fraction of sp³-hybridized carbons (Fsp3) is 0.130. The molecule has 2 saturated heterocycles. The summed E-state index contributed by atoms with van der Waals surface area (Å²) < 4.78 is 0.871. The number of rotatable bonds is 3. The average Bonchev–Trinajstić information content (AvgIpc) is 3.27. The number of fused-ring (bicyclic) bond motifs is 1. The molecule has 2 heterocycles. The number of nitrogens with zero attached hydrogens (tertiary/aromatic N) is 2. The molecule has 30 heavy (non-hydrogen) atoms. The number of imide groups is 1. The van der Waals surface area contributed by atoms with E-state index in [0.29, 0.717) is 10.7 Å². The largest absolute Gasteiger partial charge is 0.273 e. The molecule has 2 amide bonds. The lowest BCUT2D eigenvalue weighted by atomic mass is 9.90. The summed E-state index contributed by atoms with van der Waals surface area (Å²) in [6, 6.07) is 23.4. The molecule has 3 atom stereocenters. The molecule has 3 aromatic carbocycles. The van der Waals surface area contributed by atoms with Crippen LogP contribution in [0.5, 0.6) is 0 Å². The molecule has 0 spiro atoms. The fourth-order valence-corrected chi connectivity index (χ4v) is 4.45. The molecule has 3 aromatic rings. The number of amides is 2. The topological polar surface area (TPSA) is 49.9 Å². The van der Waals surface area contributed by atoms with Crippen LogP contribution in [0.4, 0.5) is 11.4 Å². The van der Waals surface area contributed by atoms with E-state index in [9.17, 15) is 9.59 Å². The van der Waals surface area contributed by atoms with Gasteiger partial charge in [0.15, 0.2) is 6.10 Å². The van der Waals surface area contributed by atoms with Gasteiger partial charge in [0.2, 0.25) is 5.91 Å². The van der Waals surface area contributed by atoms with Gasteiger partial charge in [-0.05, 0) is 54.1 Å². The molecular formula is C23H16BrClN2O3. The molecule has 7 heteroatoms. The standard InChI is InChI=1S/C23H16BrClN2O3/c24-15-8-12-17(13-9-15)26-22(28)19-20(14-6-10-16(25)11-7-14)27(30-21(19)23(26)29)18-4-2-1-3-5-18/h1-13,19-21H/t19-,20-,21-/m1/s1. The molecule has 150 valence electrons. The van der Waals surface area contributed by atoms with Crippen LogP contribution in [-0.4, -0.2) is 17.9 Å². The van der Waals surface area contributed by atoms with Gasteiger partial charge in [0, 0.05) is 9.50 Å². The number of hydrogen-bond acceptors (Lipinski definition) is 4. The van der Waals surface area contributed by atoms with Crippen molar-refractivity contribution in [3.8, 4) is 0 Å². The van der Waals surface area contributed by atoms with Crippen molar-refractivity contribution in [1.29, 1.82) is 0 Å². The van der Waals surface area contributed by atoms with Crippen molar-refractivity contribution >= 4 is 50.7 Å². The lowest BCUT2D eigenvalue weighted by molar-refractivity contribution is -0.126. The molecular weight excluding hydrogens is 468 g/mol. The highest BCUT2D eigenvalue weighted by Crippen LogP contribution is 2.47. The monoisotopic (exact) mass is 482 g/mol. The second kappa shape index (κ2) is 7.54. The predicted molar refractivity (Wildman–Crippen MR) is 118 cm³/mol. The van der Waals surface area contributed by atoms with Crippen molar-refractivity contribution in [2.24, 2.45) is 5.92 Å². The van der Waals surface area contributed by atoms with Gasteiger partial charge in [-0.25, -0.2) is 9.96 Å². The molecule has 2 aliphatic heterocycles. The summed E-state index contributed by atoms with van der Waals surface area (Å²) in [5.41, 5.74) is 2.17. The third kappa shape index (κ3) is 3.12. The van der Waals surface area contributed by atoms with Crippen molar-refractivity contribution in [2.45, 2.75) is 12.1 Å². The number of carbonyl (C=O) groups excluding carboxylic acids is 2. The zero-order valence-electron chi connectivity index (χ0n) is 15.6. The van der Waals surface area contributed by atoms with Gasteiger partial charge >= 0.3 is 0 Å². The Bertz CT molecular complexity index is 1110. The lowest BCUT2D eigenvalue weighted by Crippen LogP contribution is -2.37. The van der Waals surface area contributed by atoms with Crippen LogP contribution in [0.2, 0.25) is 5.02 Å². The van der Waals surface area contributed by atoms with Crippen molar-refractivity contribution in [2.75, 3.05) is 9.96 Å². The third-order valence-electron chi connectivity index (χ3n) is 5.42. The molecule has 0 radical (unpaired) electrons. The summed E-state index contributed by atoms with van der Waals surface area (Å²) in [5, 5.41) is 2.28. The van der Waals surface area contributed by atoms with Crippen LogP contribution in [0.3, 0.4) is 0 Å². The number of halogens is 2. The first kappa shape index (κ1) is 19.3. The Hall–Kier alpha value is -2.67. The fourth-order valence-electron chi connectivity index (χ4n) is 4.06. The zero-order chi connectivity index (χ0) is 20.8. The predicted octanol–water partition coefficient (Wildman–Crippen LogP) is 5.15. The zero-order valence-corrected chi connectivity index (χ0v) is 18.0. The normalized spacial score (nSPS) is 23.2. The first-order valence-corrected chi connectivity index (χ1v) is 10.6. The van der Waals surface area contributed by atoms with E-state index in [-0.39, 0.29) is 11.8 Å². The molecule has 0 saturated carbocycles. The maximum atomic E-state index is 13.5. The van der Waals surface area contributed by atoms with Crippen LogP contribution < -0.4 is 9.96 Å². The first-order valence-electron chi connectivity index (χ1n) is 9.44. The number of para-hydroxylation sites is 1. The highest BCUT2D eigenvalue weighted by Gasteiger charge is 2.60. The number of hydrogen-bond donors (Lipinski definition) is 0. The summed E-state index contributed by atoms with van der Waals surface area (Å²) in [5.74, 6) is -1.29. The van der Waals surface area contributed by atoms with Gasteiger partial charge in [0.05, 0.1) is 17.4 Å². The summed E-state index contributed by atoms with van der Waals surface area (Å²) in [7, 11) is 0. The Morgan fingerprint density at radius 2 is 1.47 bits per heavy atom. The van der Waals surface area contributed by atoms with E-state index >= 15 is 0 Å². The molecule has 2 aliphatic rings. The quantitative estimate of drug-likeness (QED) is 0.483. The van der Waals surface area contributed by atoms with Crippen LogP contribution in [0.25, 0.3) is 0 Å². The summed E-state index contributed by atoms with van der Waals surface area (Å²) in [6.07, 6.45) is -0.887. The maximum absolute atomic E-state index is 13.5. The summed E-state index contributed by atoms with van der Waals surface area (Å²) >= 11 is 9.45. The SMILES string of the molecule is O=C1[C@@H]2[C@@H](c3ccc(Cl)cc3)N(c3ccccc3)O[C@H]2C(=O)N1c1ccc(Br)cc1. The number of anilines is 2. The number of carbonyl (C=O) groups is 2. The minimum Gasteiger partial charge on any atom is -0.273 e. The van der Waals surface area contributed by atoms with E-state index in [1.54, 1.807) is 41.5 Å². The van der Waals surface area contributed by atoms with Crippen molar-refractivity contribution in [3.05, 3.63) is 93.9 Å². The average molecular weight is 484 g/mol. The van der Waals surface area contributed by atoms with E-state index in [1.165, 1.54) is 4.90 Å². The van der Waals surface area contributed by atoms with E-state index in [2.05, 4.69) is 15.9 Å². The smallest absolute Gasteiger partial charge is 0.266 e. The Morgan fingerprint density at radius 1 is 0.800 bits per heavy atom. The van der Waals surface area contributed by atoms with Crippen LogP contribution in [-0.2, 0) is 14.4 Å². The molecule has 0 unspecified atom stereocenters.